The van der Waals surface area contributed by atoms with Crippen LogP contribution in [0.5, 0.6) is 11.5 Å². The van der Waals surface area contributed by atoms with Gasteiger partial charge in [-0.25, -0.2) is 18.0 Å². The largest absolute Gasteiger partial charge is 0.449 e. The van der Waals surface area contributed by atoms with Gasteiger partial charge in [-0.05, 0) is 30.5 Å². The van der Waals surface area contributed by atoms with Gasteiger partial charge in [-0.1, -0.05) is 42.5 Å². The highest BCUT2D eigenvalue weighted by Gasteiger charge is 2.36. The van der Waals surface area contributed by atoms with Gasteiger partial charge in [0, 0.05) is 6.54 Å². The average molecular weight is 506 g/mol. The molecule has 1 heterocycles. The Balaban J connectivity index is 1.49. The van der Waals surface area contributed by atoms with E-state index in [9.17, 15) is 31.5 Å². The van der Waals surface area contributed by atoms with Crippen molar-refractivity contribution in [1.29, 1.82) is 0 Å². The molecule has 0 spiro atoms. The fourth-order valence-electron chi connectivity index (χ4n) is 3.72. The molecule has 0 aliphatic carbocycles. The molecule has 1 aliphatic rings. The molecule has 36 heavy (non-hydrogen) atoms. The number of carbonyl (C=O) groups excluding carboxylic acids is 2. The van der Waals surface area contributed by atoms with Crippen LogP contribution in [0.25, 0.3) is 0 Å². The van der Waals surface area contributed by atoms with Gasteiger partial charge < -0.3 is 14.8 Å². The summed E-state index contributed by atoms with van der Waals surface area (Å²) in [5.74, 6) is -13.5. The van der Waals surface area contributed by atoms with Gasteiger partial charge in [-0.3, -0.25) is 9.69 Å². The number of nitrogens with zero attached hydrogens (tertiary/aromatic N) is 1. The fourth-order valence-corrected chi connectivity index (χ4v) is 3.72. The lowest BCUT2D eigenvalue weighted by Crippen LogP contribution is -2.43. The number of ether oxygens (including phenoxy) is 2. The number of likely N-dealkylation sites (tertiary alicyclic amines) is 1. The number of benzene rings is 3. The van der Waals surface area contributed by atoms with Crippen molar-refractivity contribution >= 4 is 17.7 Å². The Kier molecular flexibility index (Phi) is 7.37. The van der Waals surface area contributed by atoms with Crippen LogP contribution in [0.15, 0.2) is 54.6 Å². The third kappa shape index (κ3) is 5.09. The molecule has 0 aromatic heterocycles. The van der Waals surface area contributed by atoms with E-state index in [4.69, 9.17) is 9.47 Å². The van der Waals surface area contributed by atoms with Crippen LogP contribution in [0.3, 0.4) is 0 Å². The Bertz CT molecular complexity index is 1260. The van der Waals surface area contributed by atoms with E-state index in [0.29, 0.717) is 12.8 Å². The van der Waals surface area contributed by atoms with Crippen molar-refractivity contribution in [1.82, 2.24) is 4.90 Å². The molecule has 1 fully saturated rings. The second-order valence-electron chi connectivity index (χ2n) is 7.88. The standard InChI is InChI=1S/C25H19F5N2O4/c26-18-19(27)21(29)23(22(30)20(18)28)36-17-11-5-4-9-15(17)31-24(33)16-10-6-12-32(16)25(34)35-13-14-7-2-1-3-8-14/h1-5,7-9,11,16H,6,10,12-13H2,(H,31,33). The molecule has 0 bridgehead atoms. The number of anilines is 1. The number of carbonyl (C=O) groups is 2. The van der Waals surface area contributed by atoms with E-state index in [-0.39, 0.29) is 24.6 Å². The molecular formula is C25H19F5N2O4. The van der Waals surface area contributed by atoms with Gasteiger partial charge in [0.05, 0.1) is 5.69 Å². The summed E-state index contributed by atoms with van der Waals surface area (Å²) in [6.45, 7) is 0.289. The number of para-hydroxylation sites is 2. The molecule has 3 aromatic carbocycles. The normalized spacial score (nSPS) is 15.0. The number of hydrogen-bond donors (Lipinski definition) is 1. The zero-order chi connectivity index (χ0) is 25.8. The molecule has 1 unspecified atom stereocenters. The summed E-state index contributed by atoms with van der Waals surface area (Å²) in [6, 6.07) is 13.4. The Labute approximate surface area is 202 Å². The van der Waals surface area contributed by atoms with Gasteiger partial charge in [-0.15, -0.1) is 0 Å². The smallest absolute Gasteiger partial charge is 0.410 e. The highest BCUT2D eigenvalue weighted by atomic mass is 19.2. The van der Waals surface area contributed by atoms with Gasteiger partial charge in [0.25, 0.3) is 0 Å². The molecule has 0 radical (unpaired) electrons. The van der Waals surface area contributed by atoms with E-state index < -0.39 is 52.9 Å². The Morgan fingerprint density at radius 2 is 1.47 bits per heavy atom. The lowest BCUT2D eigenvalue weighted by atomic mass is 10.2. The quantitative estimate of drug-likeness (QED) is 0.256. The van der Waals surface area contributed by atoms with Crippen LogP contribution < -0.4 is 10.1 Å². The number of nitrogens with one attached hydrogen (secondary N) is 1. The second-order valence-corrected chi connectivity index (χ2v) is 7.88. The fraction of sp³-hybridized carbons (Fsp3) is 0.200. The molecule has 1 atom stereocenters. The minimum Gasteiger partial charge on any atom is -0.449 e. The molecule has 188 valence electrons. The van der Waals surface area contributed by atoms with E-state index in [1.54, 1.807) is 24.3 Å². The summed E-state index contributed by atoms with van der Waals surface area (Å²) < 4.78 is 78.9. The lowest BCUT2D eigenvalue weighted by molar-refractivity contribution is -0.120. The maximum absolute atomic E-state index is 14.1. The highest BCUT2D eigenvalue weighted by molar-refractivity contribution is 5.98. The molecule has 1 aliphatic heterocycles. The number of amides is 2. The second kappa shape index (κ2) is 10.6. The Morgan fingerprint density at radius 3 is 2.17 bits per heavy atom. The van der Waals surface area contributed by atoms with Crippen molar-refractivity contribution in [3.05, 3.63) is 89.2 Å². The zero-order valence-electron chi connectivity index (χ0n) is 18.6. The average Bonchev–Trinajstić information content (AvgIpc) is 3.39. The lowest BCUT2D eigenvalue weighted by Gasteiger charge is -2.24. The van der Waals surface area contributed by atoms with E-state index >= 15 is 0 Å². The van der Waals surface area contributed by atoms with Crippen LogP contribution in [-0.4, -0.2) is 29.5 Å². The minimum absolute atomic E-state index is 0.0170. The van der Waals surface area contributed by atoms with Gasteiger partial charge >= 0.3 is 6.09 Å². The van der Waals surface area contributed by atoms with Crippen molar-refractivity contribution in [2.45, 2.75) is 25.5 Å². The third-order valence-electron chi connectivity index (χ3n) is 5.52. The van der Waals surface area contributed by atoms with Gasteiger partial charge in [0.1, 0.15) is 12.6 Å². The van der Waals surface area contributed by atoms with Crippen LogP contribution in [0, 0.1) is 29.1 Å². The summed E-state index contributed by atoms with van der Waals surface area (Å²) in [5.41, 5.74) is 0.668. The monoisotopic (exact) mass is 506 g/mol. The summed E-state index contributed by atoms with van der Waals surface area (Å²) in [5, 5.41) is 2.49. The van der Waals surface area contributed by atoms with E-state index in [2.05, 4.69) is 5.32 Å². The van der Waals surface area contributed by atoms with Crippen LogP contribution in [-0.2, 0) is 16.1 Å². The van der Waals surface area contributed by atoms with Gasteiger partial charge in [-0.2, -0.15) is 8.78 Å². The first-order valence-electron chi connectivity index (χ1n) is 10.8. The first kappa shape index (κ1) is 25.0. The van der Waals surface area contributed by atoms with Crippen LogP contribution in [0.4, 0.5) is 32.4 Å². The first-order valence-corrected chi connectivity index (χ1v) is 10.8. The third-order valence-corrected chi connectivity index (χ3v) is 5.52. The molecule has 2 amide bonds. The topological polar surface area (TPSA) is 67.9 Å². The molecule has 1 saturated heterocycles. The SMILES string of the molecule is O=C(Nc1ccccc1Oc1c(F)c(F)c(F)c(F)c1F)C1CCCN1C(=O)OCc1ccccc1. The molecule has 3 aromatic rings. The molecule has 4 rings (SSSR count). The number of hydrogen-bond acceptors (Lipinski definition) is 4. The highest BCUT2D eigenvalue weighted by Crippen LogP contribution is 2.36. The summed E-state index contributed by atoms with van der Waals surface area (Å²) in [6.07, 6.45) is 0.163. The van der Waals surface area contributed by atoms with Crippen LogP contribution >= 0.6 is 0 Å². The molecule has 0 saturated carbocycles. The Hall–Kier alpha value is -4.15. The van der Waals surface area contributed by atoms with Crippen molar-refractivity contribution < 1.29 is 41.0 Å². The molecular weight excluding hydrogens is 487 g/mol. The van der Waals surface area contributed by atoms with E-state index in [1.165, 1.54) is 29.2 Å². The van der Waals surface area contributed by atoms with E-state index in [1.807, 2.05) is 6.07 Å². The first-order chi connectivity index (χ1) is 17.3. The maximum Gasteiger partial charge on any atom is 0.410 e. The summed E-state index contributed by atoms with van der Waals surface area (Å²) in [4.78, 5) is 26.8. The van der Waals surface area contributed by atoms with Crippen molar-refractivity contribution in [2.24, 2.45) is 0 Å². The minimum atomic E-state index is -2.32. The van der Waals surface area contributed by atoms with Crippen molar-refractivity contribution in [3.63, 3.8) is 0 Å². The Morgan fingerprint density at radius 1 is 0.861 bits per heavy atom. The predicted molar refractivity (Wildman–Crippen MR) is 118 cm³/mol. The molecule has 11 heteroatoms. The maximum atomic E-state index is 14.1. The van der Waals surface area contributed by atoms with Crippen LogP contribution in [0.1, 0.15) is 18.4 Å². The predicted octanol–water partition coefficient (Wildman–Crippen LogP) is 5.91. The van der Waals surface area contributed by atoms with Gasteiger partial charge in [0.2, 0.25) is 40.7 Å². The molecule has 1 N–H and O–H groups in total. The van der Waals surface area contributed by atoms with E-state index in [0.717, 1.165) is 5.56 Å². The summed E-state index contributed by atoms with van der Waals surface area (Å²) >= 11 is 0. The van der Waals surface area contributed by atoms with Crippen LogP contribution in [0.2, 0.25) is 0 Å². The van der Waals surface area contributed by atoms with Gasteiger partial charge in [0.15, 0.2) is 5.75 Å². The molecule has 6 nitrogen and oxygen atoms in total. The zero-order valence-corrected chi connectivity index (χ0v) is 18.6. The number of rotatable bonds is 6. The number of halogens is 5. The van der Waals surface area contributed by atoms with Crippen molar-refractivity contribution in [3.8, 4) is 11.5 Å². The van der Waals surface area contributed by atoms with Crippen molar-refractivity contribution in [2.75, 3.05) is 11.9 Å². The summed E-state index contributed by atoms with van der Waals surface area (Å²) in [7, 11) is 0.